The highest BCUT2D eigenvalue weighted by Crippen LogP contribution is 2.33. The Kier molecular flexibility index (Phi) is 4.55. The smallest absolute Gasteiger partial charge is 0.290 e. The summed E-state index contributed by atoms with van der Waals surface area (Å²) in [5.41, 5.74) is 1.96. The molecular formula is C19H22N2O4. The maximum absolute atomic E-state index is 12.8. The van der Waals surface area contributed by atoms with Gasteiger partial charge in [0.15, 0.2) is 5.76 Å². The van der Waals surface area contributed by atoms with Crippen molar-refractivity contribution in [2.75, 3.05) is 13.2 Å². The van der Waals surface area contributed by atoms with Crippen LogP contribution in [-0.2, 0) is 16.1 Å². The van der Waals surface area contributed by atoms with Crippen molar-refractivity contribution in [2.24, 2.45) is 0 Å². The Labute approximate surface area is 146 Å². The Hall–Kier alpha value is -2.18. The number of rotatable bonds is 4. The van der Waals surface area contributed by atoms with Crippen molar-refractivity contribution in [1.29, 1.82) is 0 Å². The summed E-state index contributed by atoms with van der Waals surface area (Å²) in [6.45, 7) is 3.55. The van der Waals surface area contributed by atoms with Gasteiger partial charge in [0.05, 0.1) is 31.6 Å². The minimum Gasteiger partial charge on any atom is -0.459 e. The van der Waals surface area contributed by atoms with E-state index in [0.29, 0.717) is 25.5 Å². The monoisotopic (exact) mass is 342 g/mol. The number of carbonyl (C=O) groups excluding carboxylic acids is 1. The van der Waals surface area contributed by atoms with Gasteiger partial charge in [-0.05, 0) is 43.5 Å². The fourth-order valence-corrected chi connectivity index (χ4v) is 3.75. The number of nitrogens with zero attached hydrogens (tertiary/aromatic N) is 2. The molecule has 0 unspecified atom stereocenters. The lowest BCUT2D eigenvalue weighted by Gasteiger charge is -2.38. The van der Waals surface area contributed by atoms with Crippen molar-refractivity contribution in [3.05, 3.63) is 53.7 Å². The van der Waals surface area contributed by atoms with Gasteiger partial charge < -0.3 is 18.8 Å². The van der Waals surface area contributed by atoms with Crippen molar-refractivity contribution < 1.29 is 18.7 Å². The number of furan rings is 1. The number of pyridine rings is 1. The second kappa shape index (κ2) is 6.98. The van der Waals surface area contributed by atoms with Gasteiger partial charge in [-0.25, -0.2) is 0 Å². The summed E-state index contributed by atoms with van der Waals surface area (Å²) in [6, 6.07) is 5.77. The third-order valence-electron chi connectivity index (χ3n) is 5.07. The molecule has 0 bridgehead atoms. The van der Waals surface area contributed by atoms with Gasteiger partial charge in [-0.15, -0.1) is 0 Å². The molecule has 2 fully saturated rings. The molecule has 0 N–H and O–H groups in total. The lowest BCUT2D eigenvalue weighted by atomic mass is 10.1. The van der Waals surface area contributed by atoms with Gasteiger partial charge in [-0.3, -0.25) is 9.78 Å². The van der Waals surface area contributed by atoms with E-state index in [0.717, 1.165) is 24.0 Å². The minimum atomic E-state index is -0.0743. The molecule has 0 aromatic carbocycles. The van der Waals surface area contributed by atoms with Crippen molar-refractivity contribution in [1.82, 2.24) is 9.88 Å². The normalized spacial score (nSPS) is 25.8. The number of morpholine rings is 1. The predicted octanol–water partition coefficient (Wildman–Crippen LogP) is 2.57. The molecule has 2 aliphatic rings. The van der Waals surface area contributed by atoms with Crippen LogP contribution in [0, 0.1) is 6.92 Å². The van der Waals surface area contributed by atoms with Crippen molar-refractivity contribution >= 4 is 5.91 Å². The molecule has 1 aliphatic heterocycles. The Balaban J connectivity index is 1.43. The van der Waals surface area contributed by atoms with E-state index in [2.05, 4.69) is 4.98 Å². The van der Waals surface area contributed by atoms with Gasteiger partial charge >= 0.3 is 0 Å². The topological polar surface area (TPSA) is 64.8 Å². The first-order chi connectivity index (χ1) is 12.2. The third-order valence-corrected chi connectivity index (χ3v) is 5.07. The number of hydrogen-bond donors (Lipinski definition) is 0. The van der Waals surface area contributed by atoms with Crippen molar-refractivity contribution in [3.8, 4) is 0 Å². The Morgan fingerprint density at radius 3 is 2.92 bits per heavy atom. The average Bonchev–Trinajstić information content (AvgIpc) is 3.26. The zero-order chi connectivity index (χ0) is 17.2. The summed E-state index contributed by atoms with van der Waals surface area (Å²) in [4.78, 5) is 18.8. The first kappa shape index (κ1) is 16.3. The molecular weight excluding hydrogens is 320 g/mol. The van der Waals surface area contributed by atoms with E-state index in [4.69, 9.17) is 13.9 Å². The van der Waals surface area contributed by atoms with Crippen LogP contribution in [0.2, 0.25) is 0 Å². The lowest BCUT2D eigenvalue weighted by Crippen LogP contribution is -2.53. The number of aromatic nitrogens is 1. The fraction of sp³-hybridized carbons (Fsp3) is 0.474. The molecule has 1 saturated heterocycles. The van der Waals surface area contributed by atoms with Gasteiger partial charge in [0.25, 0.3) is 5.91 Å². The van der Waals surface area contributed by atoms with Crippen LogP contribution in [0.3, 0.4) is 0 Å². The number of amides is 1. The number of ether oxygens (including phenoxy) is 2. The summed E-state index contributed by atoms with van der Waals surface area (Å²) in [7, 11) is 0. The molecule has 132 valence electrons. The maximum Gasteiger partial charge on any atom is 0.290 e. The number of fused-ring (bicyclic) bond motifs is 1. The molecule has 6 nitrogen and oxygen atoms in total. The summed E-state index contributed by atoms with van der Waals surface area (Å²) in [6.07, 6.45) is 6.80. The molecule has 2 aromatic heterocycles. The zero-order valence-electron chi connectivity index (χ0n) is 14.3. The Bertz CT molecular complexity index is 730. The molecule has 1 amide bonds. The second-order valence-corrected chi connectivity index (χ2v) is 6.62. The van der Waals surface area contributed by atoms with Crippen molar-refractivity contribution in [2.45, 2.75) is 44.6 Å². The molecule has 3 atom stereocenters. The largest absolute Gasteiger partial charge is 0.459 e. The van der Waals surface area contributed by atoms with Crippen LogP contribution in [0.4, 0.5) is 0 Å². The van der Waals surface area contributed by atoms with E-state index in [1.807, 2.05) is 30.0 Å². The van der Waals surface area contributed by atoms with E-state index in [1.54, 1.807) is 18.7 Å². The quantitative estimate of drug-likeness (QED) is 0.854. The maximum atomic E-state index is 12.8. The van der Waals surface area contributed by atoms with E-state index in [1.165, 1.54) is 0 Å². The molecule has 4 rings (SSSR count). The van der Waals surface area contributed by atoms with E-state index < -0.39 is 0 Å². The Morgan fingerprint density at radius 2 is 2.16 bits per heavy atom. The van der Waals surface area contributed by atoms with Crippen LogP contribution >= 0.6 is 0 Å². The minimum absolute atomic E-state index is 0.00598. The van der Waals surface area contributed by atoms with Crippen molar-refractivity contribution in [3.63, 3.8) is 0 Å². The van der Waals surface area contributed by atoms with E-state index in [9.17, 15) is 4.79 Å². The standard InChI is InChI=1S/C19H22N2O4/c1-13-6-10-23-17(13)19(22)21-9-11-24-18-15(21)2-3-16(18)25-12-14-4-7-20-8-5-14/h4-8,10,15-16,18H,2-3,9,11-12H2,1H3/t15-,16-,18-/m1/s1. The van der Waals surface area contributed by atoms with Crippen LogP contribution in [0.15, 0.2) is 41.3 Å². The van der Waals surface area contributed by atoms with Gasteiger partial charge in [0.1, 0.15) is 6.10 Å². The van der Waals surface area contributed by atoms with Crippen LogP contribution < -0.4 is 0 Å². The highest BCUT2D eigenvalue weighted by molar-refractivity contribution is 5.93. The lowest BCUT2D eigenvalue weighted by molar-refractivity contribution is -0.108. The summed E-state index contributed by atoms with van der Waals surface area (Å²) in [5, 5.41) is 0. The molecule has 0 radical (unpaired) electrons. The number of aryl methyl sites for hydroxylation is 1. The van der Waals surface area contributed by atoms with Gasteiger partial charge in [0, 0.05) is 24.5 Å². The molecule has 2 aromatic rings. The second-order valence-electron chi connectivity index (χ2n) is 6.62. The summed E-state index contributed by atoms with van der Waals surface area (Å²) < 4.78 is 17.4. The highest BCUT2D eigenvalue weighted by atomic mass is 16.5. The van der Waals surface area contributed by atoms with Crippen LogP contribution in [0.25, 0.3) is 0 Å². The van der Waals surface area contributed by atoms with Gasteiger partial charge in [0.2, 0.25) is 0 Å². The Morgan fingerprint density at radius 1 is 1.32 bits per heavy atom. The SMILES string of the molecule is Cc1ccoc1C(=O)N1CCO[C@@H]2[C@H]1CC[C@H]2OCc1ccncc1. The number of carbonyl (C=O) groups is 1. The third kappa shape index (κ3) is 3.19. The number of hydrogen-bond acceptors (Lipinski definition) is 5. The van der Waals surface area contributed by atoms with E-state index >= 15 is 0 Å². The summed E-state index contributed by atoms with van der Waals surface area (Å²) in [5.74, 6) is 0.386. The van der Waals surface area contributed by atoms with Gasteiger partial charge in [-0.2, -0.15) is 0 Å². The summed E-state index contributed by atoms with van der Waals surface area (Å²) >= 11 is 0. The van der Waals surface area contributed by atoms with E-state index in [-0.39, 0.29) is 24.2 Å². The zero-order valence-corrected chi connectivity index (χ0v) is 14.3. The first-order valence-electron chi connectivity index (χ1n) is 8.71. The molecule has 6 heteroatoms. The molecule has 0 spiro atoms. The molecule has 3 heterocycles. The fourth-order valence-electron chi connectivity index (χ4n) is 3.75. The first-order valence-corrected chi connectivity index (χ1v) is 8.71. The van der Waals surface area contributed by atoms with Gasteiger partial charge in [-0.1, -0.05) is 0 Å². The predicted molar refractivity (Wildman–Crippen MR) is 90.1 cm³/mol. The molecule has 1 saturated carbocycles. The molecule has 1 aliphatic carbocycles. The highest BCUT2D eigenvalue weighted by Gasteiger charge is 2.45. The average molecular weight is 342 g/mol. The van der Waals surface area contributed by atoms with Crippen LogP contribution in [-0.4, -0.2) is 47.2 Å². The van der Waals surface area contributed by atoms with Crippen LogP contribution in [0.1, 0.15) is 34.5 Å². The molecule has 25 heavy (non-hydrogen) atoms. The van der Waals surface area contributed by atoms with Crippen LogP contribution in [0.5, 0.6) is 0 Å².